The molecule has 2 heteroatoms. The maximum absolute atomic E-state index is 2.38. The molecule has 0 spiro atoms. The van der Waals surface area contributed by atoms with Crippen LogP contribution >= 0.6 is 0 Å². The number of fused-ring (bicyclic) bond motifs is 8. The van der Waals surface area contributed by atoms with Crippen LogP contribution in [0, 0.1) is 0 Å². The molecule has 0 aliphatic rings. The molecule has 300 valence electrons. The van der Waals surface area contributed by atoms with Gasteiger partial charge in [-0.15, -0.1) is 0 Å². The van der Waals surface area contributed by atoms with Crippen LogP contribution in [-0.2, 0) is 0 Å². The van der Waals surface area contributed by atoms with Crippen molar-refractivity contribution < 1.29 is 0 Å². The van der Waals surface area contributed by atoms with Crippen molar-refractivity contribution in [2.75, 3.05) is 9.80 Å². The first-order valence-corrected chi connectivity index (χ1v) is 22.0. The normalized spacial score (nSPS) is 11.4. The van der Waals surface area contributed by atoms with E-state index in [1.807, 2.05) is 0 Å². The van der Waals surface area contributed by atoms with E-state index in [-0.39, 0.29) is 0 Å². The van der Waals surface area contributed by atoms with E-state index in [9.17, 15) is 0 Å². The lowest BCUT2D eigenvalue weighted by atomic mass is 9.80. The standard InChI is InChI=1S/C62H42N2/c1-5-21-44(22-6-1)63(45-23-7-2-8-24-45)48-39-37-43(38-40-48)59-55-35-19-20-36-56(55)60(62-54-34-18-15-30-50(54)49-29-14-17-33-53(49)61(59)62)57-41-42-58(52-32-16-13-31-51(52)57)64(46-25-9-3-10-26-46)47-27-11-4-12-28-47/h1-42H. The van der Waals surface area contributed by atoms with Crippen molar-refractivity contribution in [3.05, 3.63) is 255 Å². The highest BCUT2D eigenvalue weighted by Gasteiger charge is 2.24. The topological polar surface area (TPSA) is 6.48 Å². The van der Waals surface area contributed by atoms with Gasteiger partial charge in [0.15, 0.2) is 0 Å². The number of anilines is 6. The summed E-state index contributed by atoms with van der Waals surface area (Å²) in [5, 5.41) is 12.4. The molecule has 0 unspecified atom stereocenters. The molecule has 0 saturated heterocycles. The lowest BCUT2D eigenvalue weighted by Crippen LogP contribution is -2.10. The molecule has 12 aromatic carbocycles. The minimum Gasteiger partial charge on any atom is -0.311 e. The summed E-state index contributed by atoms with van der Waals surface area (Å²) in [6.07, 6.45) is 0. The third-order valence-electron chi connectivity index (χ3n) is 12.8. The van der Waals surface area contributed by atoms with Gasteiger partial charge in [0.2, 0.25) is 0 Å². The van der Waals surface area contributed by atoms with Gasteiger partial charge in [0, 0.05) is 33.8 Å². The highest BCUT2D eigenvalue weighted by molar-refractivity contribution is 6.37. The average Bonchev–Trinajstić information content (AvgIpc) is 3.37. The largest absolute Gasteiger partial charge is 0.311 e. The van der Waals surface area contributed by atoms with Crippen LogP contribution in [0.2, 0.25) is 0 Å². The van der Waals surface area contributed by atoms with E-state index in [4.69, 9.17) is 0 Å². The van der Waals surface area contributed by atoms with E-state index < -0.39 is 0 Å². The van der Waals surface area contributed by atoms with E-state index in [1.165, 1.54) is 76.1 Å². The predicted octanol–water partition coefficient (Wildman–Crippen LogP) is 17.7. The average molecular weight is 815 g/mol. The van der Waals surface area contributed by atoms with Gasteiger partial charge in [-0.25, -0.2) is 0 Å². The Morgan fingerprint density at radius 1 is 0.203 bits per heavy atom. The van der Waals surface area contributed by atoms with Crippen LogP contribution in [0.15, 0.2) is 255 Å². The lowest BCUT2D eigenvalue weighted by Gasteiger charge is -2.28. The maximum Gasteiger partial charge on any atom is 0.0540 e. The molecular weight excluding hydrogens is 773 g/mol. The zero-order valence-corrected chi connectivity index (χ0v) is 35.1. The Balaban J connectivity index is 1.16. The summed E-state index contributed by atoms with van der Waals surface area (Å²) >= 11 is 0. The Morgan fingerprint density at radius 3 is 1.03 bits per heavy atom. The Kier molecular flexibility index (Phi) is 9.20. The van der Waals surface area contributed by atoms with Gasteiger partial charge in [-0.1, -0.05) is 188 Å². The molecule has 0 fully saturated rings. The van der Waals surface area contributed by atoms with Gasteiger partial charge >= 0.3 is 0 Å². The van der Waals surface area contributed by atoms with Crippen LogP contribution in [0.5, 0.6) is 0 Å². The van der Waals surface area contributed by atoms with Gasteiger partial charge in [-0.2, -0.15) is 0 Å². The molecule has 12 rings (SSSR count). The van der Waals surface area contributed by atoms with Crippen LogP contribution in [0.3, 0.4) is 0 Å². The second-order valence-electron chi connectivity index (χ2n) is 16.4. The van der Waals surface area contributed by atoms with Crippen LogP contribution in [0.1, 0.15) is 0 Å². The van der Waals surface area contributed by atoms with Gasteiger partial charge in [0.05, 0.1) is 5.69 Å². The Morgan fingerprint density at radius 2 is 0.547 bits per heavy atom. The Labute approximate surface area is 373 Å². The van der Waals surface area contributed by atoms with Crippen LogP contribution < -0.4 is 9.80 Å². The fourth-order valence-electron chi connectivity index (χ4n) is 10.1. The van der Waals surface area contributed by atoms with Gasteiger partial charge in [0.1, 0.15) is 0 Å². The molecule has 0 amide bonds. The van der Waals surface area contributed by atoms with Crippen molar-refractivity contribution in [2.45, 2.75) is 0 Å². The molecule has 0 radical (unpaired) electrons. The van der Waals surface area contributed by atoms with E-state index in [0.717, 1.165) is 34.1 Å². The molecule has 12 aromatic rings. The lowest BCUT2D eigenvalue weighted by molar-refractivity contribution is 1.28. The van der Waals surface area contributed by atoms with E-state index in [0.29, 0.717) is 0 Å². The van der Waals surface area contributed by atoms with E-state index >= 15 is 0 Å². The number of hydrogen-bond acceptors (Lipinski definition) is 2. The van der Waals surface area contributed by atoms with Crippen molar-refractivity contribution >= 4 is 88.0 Å². The van der Waals surface area contributed by atoms with Crippen molar-refractivity contribution in [3.63, 3.8) is 0 Å². The SMILES string of the molecule is c1ccc(N(c2ccccc2)c2ccc(-c3c4ccccc4c(-c4ccc(N(c5ccccc5)c5ccccc5)c5ccccc45)c4c5ccccc5c5ccccc5c34)cc2)cc1. The highest BCUT2D eigenvalue weighted by atomic mass is 15.1. The third kappa shape index (κ3) is 6.19. The third-order valence-corrected chi connectivity index (χ3v) is 12.8. The Hall–Kier alpha value is -8.46. The van der Waals surface area contributed by atoms with Gasteiger partial charge in [-0.05, 0) is 137 Å². The van der Waals surface area contributed by atoms with Crippen LogP contribution in [0.4, 0.5) is 34.1 Å². The quantitative estimate of drug-likeness (QED) is 0.111. The molecule has 64 heavy (non-hydrogen) atoms. The summed E-state index contributed by atoms with van der Waals surface area (Å²) in [5.74, 6) is 0. The number of benzene rings is 12. The zero-order chi connectivity index (χ0) is 42.4. The van der Waals surface area contributed by atoms with Crippen molar-refractivity contribution in [3.8, 4) is 22.3 Å². The maximum atomic E-state index is 2.38. The molecule has 0 atom stereocenters. The number of rotatable bonds is 8. The van der Waals surface area contributed by atoms with Gasteiger partial charge < -0.3 is 9.80 Å². The van der Waals surface area contributed by atoms with Crippen LogP contribution in [-0.4, -0.2) is 0 Å². The highest BCUT2D eigenvalue weighted by Crippen LogP contribution is 2.52. The number of hydrogen-bond donors (Lipinski definition) is 0. The minimum absolute atomic E-state index is 1.10. The Bertz CT molecular complexity index is 3560. The van der Waals surface area contributed by atoms with Crippen molar-refractivity contribution in [2.24, 2.45) is 0 Å². The molecular formula is C62H42N2. The first-order valence-electron chi connectivity index (χ1n) is 22.0. The molecule has 0 N–H and O–H groups in total. The number of para-hydroxylation sites is 4. The summed E-state index contributed by atoms with van der Waals surface area (Å²) in [6, 6.07) is 92.6. The zero-order valence-electron chi connectivity index (χ0n) is 35.1. The van der Waals surface area contributed by atoms with E-state index in [1.54, 1.807) is 0 Å². The first kappa shape index (κ1) is 37.3. The number of nitrogens with zero attached hydrogens (tertiary/aromatic N) is 2. The fraction of sp³-hybridized carbons (Fsp3) is 0. The first-order chi connectivity index (χ1) is 31.8. The molecule has 0 aromatic heterocycles. The summed E-state index contributed by atoms with van der Waals surface area (Å²) in [5.41, 5.74) is 11.6. The molecule has 0 aliphatic carbocycles. The molecule has 0 saturated carbocycles. The van der Waals surface area contributed by atoms with Crippen molar-refractivity contribution in [1.82, 2.24) is 0 Å². The summed E-state index contributed by atoms with van der Waals surface area (Å²) in [7, 11) is 0. The smallest absolute Gasteiger partial charge is 0.0540 e. The van der Waals surface area contributed by atoms with E-state index in [2.05, 4.69) is 265 Å². The monoisotopic (exact) mass is 814 g/mol. The minimum atomic E-state index is 1.10. The second kappa shape index (κ2) is 15.8. The summed E-state index contributed by atoms with van der Waals surface area (Å²) in [4.78, 5) is 4.71. The summed E-state index contributed by atoms with van der Waals surface area (Å²) < 4.78 is 0. The van der Waals surface area contributed by atoms with Crippen molar-refractivity contribution in [1.29, 1.82) is 0 Å². The molecule has 2 nitrogen and oxygen atoms in total. The molecule has 0 heterocycles. The predicted molar refractivity (Wildman–Crippen MR) is 274 cm³/mol. The second-order valence-corrected chi connectivity index (χ2v) is 16.4. The fourth-order valence-corrected chi connectivity index (χ4v) is 10.1. The van der Waals surface area contributed by atoms with Crippen LogP contribution in [0.25, 0.3) is 76.1 Å². The van der Waals surface area contributed by atoms with Gasteiger partial charge in [-0.3, -0.25) is 0 Å². The molecule has 0 aliphatic heterocycles. The van der Waals surface area contributed by atoms with Gasteiger partial charge in [0.25, 0.3) is 0 Å². The summed E-state index contributed by atoms with van der Waals surface area (Å²) in [6.45, 7) is 0. The molecule has 0 bridgehead atoms.